The highest BCUT2D eigenvalue weighted by Crippen LogP contribution is 2.03. The van der Waals surface area contributed by atoms with Crippen LogP contribution in [0.25, 0.3) is 0 Å². The van der Waals surface area contributed by atoms with E-state index in [4.69, 9.17) is 0 Å². The predicted molar refractivity (Wildman–Crippen MR) is 83.2 cm³/mol. The first-order valence-electron chi connectivity index (χ1n) is 7.41. The third-order valence-corrected chi connectivity index (χ3v) is 2.71. The van der Waals surface area contributed by atoms with Gasteiger partial charge in [-0.2, -0.15) is 0 Å². The van der Waals surface area contributed by atoms with Crippen LogP contribution in [0, 0.1) is 13.8 Å². The molecule has 17 heavy (non-hydrogen) atoms. The molecule has 0 aromatic carbocycles. The molecule has 0 heterocycles. The van der Waals surface area contributed by atoms with Gasteiger partial charge in [0.15, 0.2) is 0 Å². The van der Waals surface area contributed by atoms with E-state index in [1.54, 1.807) is 0 Å². The summed E-state index contributed by atoms with van der Waals surface area (Å²) in [6.07, 6.45) is 16.0. The van der Waals surface area contributed by atoms with Crippen molar-refractivity contribution in [3.05, 3.63) is 13.8 Å². The first-order valence-corrected chi connectivity index (χ1v) is 7.41. The standard InChI is InChI=1S/2C8H17.Al/c2*1-3-5-7-8-6-4-2;/h2*1,3-8H2,2H3;. The smallest absolute Gasteiger partial charge is 0 e. The minimum atomic E-state index is 0. The SMILES string of the molecule is [Al].[CH2]CCCCCCC.[CH2]CCCCCCC. The van der Waals surface area contributed by atoms with Gasteiger partial charge in [0.25, 0.3) is 0 Å². The van der Waals surface area contributed by atoms with Crippen molar-refractivity contribution < 1.29 is 0 Å². The van der Waals surface area contributed by atoms with Crippen LogP contribution < -0.4 is 0 Å². The van der Waals surface area contributed by atoms with Gasteiger partial charge in [-0.15, -0.1) is 0 Å². The molecule has 0 rings (SSSR count). The van der Waals surface area contributed by atoms with Crippen molar-refractivity contribution in [3.63, 3.8) is 0 Å². The molecule has 1 heteroatoms. The van der Waals surface area contributed by atoms with Crippen LogP contribution in [0.15, 0.2) is 0 Å². The molecular formula is C16H34Al. The fourth-order valence-electron chi connectivity index (χ4n) is 1.56. The lowest BCUT2D eigenvalue weighted by molar-refractivity contribution is 0.637. The largest absolute Gasteiger partial charge is 0.0654 e. The van der Waals surface area contributed by atoms with Gasteiger partial charge in [0.05, 0.1) is 0 Å². The van der Waals surface area contributed by atoms with E-state index in [2.05, 4.69) is 27.7 Å². The lowest BCUT2D eigenvalue weighted by atomic mass is 10.1. The normalized spacial score (nSPS) is 9.18. The van der Waals surface area contributed by atoms with Crippen LogP contribution in [-0.4, -0.2) is 17.4 Å². The van der Waals surface area contributed by atoms with Gasteiger partial charge in [0.2, 0.25) is 0 Å². The summed E-state index contributed by atoms with van der Waals surface area (Å²) >= 11 is 0. The van der Waals surface area contributed by atoms with E-state index < -0.39 is 0 Å². The number of rotatable bonds is 10. The van der Waals surface area contributed by atoms with Crippen LogP contribution in [0.5, 0.6) is 0 Å². The molecule has 0 unspecified atom stereocenters. The van der Waals surface area contributed by atoms with Crippen molar-refractivity contribution in [2.75, 3.05) is 0 Å². The lowest BCUT2D eigenvalue weighted by Crippen LogP contribution is -1.74. The summed E-state index contributed by atoms with van der Waals surface area (Å²) in [5.74, 6) is 0. The number of hydrogen-bond donors (Lipinski definition) is 0. The predicted octanol–water partition coefficient (Wildman–Crippen LogP) is 5.98. The summed E-state index contributed by atoms with van der Waals surface area (Å²) in [7, 11) is 0. The Bertz CT molecular complexity index is 67.5. The zero-order valence-electron chi connectivity index (χ0n) is 12.5. The molecule has 0 atom stereocenters. The van der Waals surface area contributed by atoms with E-state index in [1.165, 1.54) is 64.2 Å². The zero-order valence-corrected chi connectivity index (χ0v) is 13.6. The van der Waals surface area contributed by atoms with Crippen LogP contribution in [0.4, 0.5) is 0 Å². The summed E-state index contributed by atoms with van der Waals surface area (Å²) in [5.41, 5.74) is 0. The van der Waals surface area contributed by atoms with Crippen molar-refractivity contribution in [1.29, 1.82) is 0 Å². The first kappa shape index (κ1) is 22.7. The molecule has 0 amide bonds. The molecule has 0 spiro atoms. The summed E-state index contributed by atoms with van der Waals surface area (Å²) in [6, 6.07) is 0. The quantitative estimate of drug-likeness (QED) is 0.332. The van der Waals surface area contributed by atoms with Crippen LogP contribution in [-0.2, 0) is 0 Å². The fourth-order valence-corrected chi connectivity index (χ4v) is 1.56. The van der Waals surface area contributed by atoms with E-state index >= 15 is 0 Å². The maximum atomic E-state index is 3.78. The van der Waals surface area contributed by atoms with Crippen molar-refractivity contribution >= 4 is 17.4 Å². The molecule has 0 fully saturated rings. The molecule has 5 radical (unpaired) electrons. The maximum absolute atomic E-state index is 3.78. The van der Waals surface area contributed by atoms with Crippen molar-refractivity contribution in [3.8, 4) is 0 Å². The molecule has 0 saturated carbocycles. The minimum Gasteiger partial charge on any atom is -0.0654 e. The summed E-state index contributed by atoms with van der Waals surface area (Å²) < 4.78 is 0. The topological polar surface area (TPSA) is 0 Å². The van der Waals surface area contributed by atoms with Gasteiger partial charge >= 0.3 is 0 Å². The van der Waals surface area contributed by atoms with Gasteiger partial charge in [-0.05, 0) is 0 Å². The monoisotopic (exact) mass is 253 g/mol. The van der Waals surface area contributed by atoms with Gasteiger partial charge in [0.1, 0.15) is 0 Å². The van der Waals surface area contributed by atoms with Crippen LogP contribution in [0.3, 0.4) is 0 Å². The van der Waals surface area contributed by atoms with Crippen molar-refractivity contribution in [2.24, 2.45) is 0 Å². The Balaban J connectivity index is -0.000000218. The molecule has 0 aliphatic heterocycles. The number of unbranched alkanes of at least 4 members (excludes halogenated alkanes) is 10. The van der Waals surface area contributed by atoms with Gasteiger partial charge in [-0.25, -0.2) is 0 Å². The molecule has 0 aliphatic carbocycles. The van der Waals surface area contributed by atoms with E-state index in [-0.39, 0.29) is 17.4 Å². The van der Waals surface area contributed by atoms with Crippen molar-refractivity contribution in [2.45, 2.75) is 90.9 Å². The second kappa shape index (κ2) is 25.4. The Labute approximate surface area is 122 Å². The Morgan fingerprint density at radius 3 is 1.06 bits per heavy atom. The second-order valence-corrected chi connectivity index (χ2v) is 4.54. The maximum Gasteiger partial charge on any atom is 0 e. The Kier molecular flexibility index (Phi) is 33.9. The second-order valence-electron chi connectivity index (χ2n) is 4.54. The van der Waals surface area contributed by atoms with Gasteiger partial charge in [-0.3, -0.25) is 0 Å². The average molecular weight is 253 g/mol. The highest BCUT2D eigenvalue weighted by atomic mass is 27.0. The molecule has 0 N–H and O–H groups in total. The third-order valence-electron chi connectivity index (χ3n) is 2.71. The van der Waals surface area contributed by atoms with E-state index in [0.29, 0.717) is 0 Å². The molecular weight excluding hydrogens is 219 g/mol. The fraction of sp³-hybridized carbons (Fsp3) is 0.875. The molecule has 0 nitrogen and oxygen atoms in total. The first-order chi connectivity index (χ1) is 7.83. The Hall–Kier alpha value is 0.532. The summed E-state index contributed by atoms with van der Waals surface area (Å²) in [4.78, 5) is 0. The molecule has 0 bridgehead atoms. The van der Waals surface area contributed by atoms with Gasteiger partial charge < -0.3 is 0 Å². The lowest BCUT2D eigenvalue weighted by Gasteiger charge is -1.93. The number of hydrogen-bond acceptors (Lipinski definition) is 0. The average Bonchev–Trinajstić information content (AvgIpc) is 2.31. The van der Waals surface area contributed by atoms with E-state index in [1.807, 2.05) is 0 Å². The highest BCUT2D eigenvalue weighted by molar-refractivity contribution is 5.75. The molecule has 0 aliphatic rings. The van der Waals surface area contributed by atoms with Crippen LogP contribution in [0.2, 0.25) is 0 Å². The molecule has 0 aromatic heterocycles. The van der Waals surface area contributed by atoms with Gasteiger partial charge in [0, 0.05) is 17.4 Å². The van der Waals surface area contributed by atoms with Crippen LogP contribution >= 0.6 is 0 Å². The minimum absolute atomic E-state index is 0. The molecule has 0 saturated heterocycles. The third kappa shape index (κ3) is 31.5. The summed E-state index contributed by atoms with van der Waals surface area (Å²) in [6.45, 7) is 12.0. The van der Waals surface area contributed by atoms with Gasteiger partial charge in [-0.1, -0.05) is 105 Å². The summed E-state index contributed by atoms with van der Waals surface area (Å²) in [5, 5.41) is 0. The van der Waals surface area contributed by atoms with Crippen LogP contribution in [0.1, 0.15) is 90.9 Å². The van der Waals surface area contributed by atoms with E-state index in [0.717, 1.165) is 12.8 Å². The molecule has 101 valence electrons. The Morgan fingerprint density at radius 1 is 0.529 bits per heavy atom. The molecule has 0 aromatic rings. The van der Waals surface area contributed by atoms with Crippen molar-refractivity contribution in [1.82, 2.24) is 0 Å². The highest BCUT2D eigenvalue weighted by Gasteiger charge is 1.84. The zero-order chi connectivity index (χ0) is 12.5. The Morgan fingerprint density at radius 2 is 0.824 bits per heavy atom. The van der Waals surface area contributed by atoms with E-state index in [9.17, 15) is 0 Å².